The highest BCUT2D eigenvalue weighted by Gasteiger charge is 2.16. The Morgan fingerprint density at radius 1 is 1.67 bits per heavy atom. The molecule has 0 unspecified atom stereocenters. The SMILES string of the molecule is O=[C]N1CCNCC1=O. The number of hydrogen-bond donors (Lipinski definition) is 1. The normalized spacial score (nSPS) is 20.0. The first kappa shape index (κ1) is 6.22. The zero-order chi connectivity index (χ0) is 6.69. The van der Waals surface area contributed by atoms with E-state index in [1.165, 1.54) is 0 Å². The first-order valence-electron chi connectivity index (χ1n) is 2.73. The molecule has 1 aliphatic rings. The van der Waals surface area contributed by atoms with Crippen molar-refractivity contribution in [3.8, 4) is 0 Å². The Balaban J connectivity index is 2.48. The summed E-state index contributed by atoms with van der Waals surface area (Å²) < 4.78 is 0. The first-order valence-corrected chi connectivity index (χ1v) is 2.73. The number of piperazine rings is 1. The summed E-state index contributed by atoms with van der Waals surface area (Å²) in [5.74, 6) is -0.198. The van der Waals surface area contributed by atoms with E-state index in [4.69, 9.17) is 0 Å². The van der Waals surface area contributed by atoms with Crippen LogP contribution in [-0.2, 0) is 9.59 Å². The van der Waals surface area contributed by atoms with Gasteiger partial charge in [0.15, 0.2) is 0 Å². The maximum absolute atomic E-state index is 10.6. The third-order valence-electron chi connectivity index (χ3n) is 1.20. The van der Waals surface area contributed by atoms with Gasteiger partial charge in [-0.1, -0.05) is 0 Å². The van der Waals surface area contributed by atoms with Gasteiger partial charge in [-0.25, -0.2) is 0 Å². The molecule has 0 aliphatic carbocycles. The molecule has 1 aliphatic heterocycles. The highest BCUT2D eigenvalue weighted by molar-refractivity contribution is 5.88. The summed E-state index contributed by atoms with van der Waals surface area (Å²) in [6.07, 6.45) is 1.55. The molecule has 1 fully saturated rings. The van der Waals surface area contributed by atoms with Crippen molar-refractivity contribution in [2.24, 2.45) is 0 Å². The highest BCUT2D eigenvalue weighted by Crippen LogP contribution is 1.87. The Labute approximate surface area is 52.8 Å². The number of nitrogens with zero attached hydrogens (tertiary/aromatic N) is 1. The Kier molecular flexibility index (Phi) is 1.79. The van der Waals surface area contributed by atoms with Gasteiger partial charge >= 0.3 is 6.41 Å². The van der Waals surface area contributed by atoms with Gasteiger partial charge in [0, 0.05) is 13.1 Å². The van der Waals surface area contributed by atoms with E-state index in [0.29, 0.717) is 13.1 Å². The number of carbonyl (C=O) groups is 1. The number of nitrogens with one attached hydrogen (secondary N) is 1. The lowest BCUT2D eigenvalue weighted by Gasteiger charge is -2.19. The summed E-state index contributed by atoms with van der Waals surface area (Å²) in [6, 6.07) is 0. The average molecular weight is 127 g/mol. The van der Waals surface area contributed by atoms with Gasteiger partial charge in [-0.3, -0.25) is 14.5 Å². The molecule has 1 radical (unpaired) electrons. The van der Waals surface area contributed by atoms with Crippen molar-refractivity contribution in [2.75, 3.05) is 19.6 Å². The molecule has 0 aromatic heterocycles. The highest BCUT2D eigenvalue weighted by atomic mass is 16.2. The van der Waals surface area contributed by atoms with E-state index in [1.807, 2.05) is 0 Å². The molecule has 1 saturated heterocycles. The van der Waals surface area contributed by atoms with Gasteiger partial charge in [0.2, 0.25) is 5.91 Å². The van der Waals surface area contributed by atoms with E-state index in [9.17, 15) is 9.59 Å². The molecule has 1 heterocycles. The molecule has 0 saturated carbocycles. The number of hydrogen-bond acceptors (Lipinski definition) is 3. The predicted octanol–water partition coefficient (Wildman–Crippen LogP) is -1.51. The van der Waals surface area contributed by atoms with Crippen LogP contribution in [0.2, 0.25) is 0 Å². The third kappa shape index (κ3) is 1.26. The number of carbonyl (C=O) groups excluding carboxylic acids is 2. The minimum Gasteiger partial charge on any atom is -0.307 e. The van der Waals surface area contributed by atoms with Crippen LogP contribution in [-0.4, -0.2) is 36.9 Å². The average Bonchev–Trinajstić information content (AvgIpc) is 1.89. The Bertz CT molecular complexity index is 135. The van der Waals surface area contributed by atoms with Gasteiger partial charge in [0.25, 0.3) is 0 Å². The molecule has 0 atom stereocenters. The zero-order valence-electron chi connectivity index (χ0n) is 4.89. The molecule has 0 aromatic rings. The summed E-state index contributed by atoms with van der Waals surface area (Å²) >= 11 is 0. The Hall–Kier alpha value is -0.900. The van der Waals surface area contributed by atoms with Crippen molar-refractivity contribution in [3.05, 3.63) is 0 Å². The summed E-state index contributed by atoms with van der Waals surface area (Å²) in [4.78, 5) is 21.6. The van der Waals surface area contributed by atoms with Gasteiger partial charge in [-0.15, -0.1) is 0 Å². The smallest absolute Gasteiger partial charge is 0.307 e. The molecule has 49 valence electrons. The van der Waals surface area contributed by atoms with E-state index in [-0.39, 0.29) is 12.5 Å². The van der Waals surface area contributed by atoms with E-state index in [2.05, 4.69) is 5.32 Å². The van der Waals surface area contributed by atoms with Crippen molar-refractivity contribution in [1.29, 1.82) is 0 Å². The van der Waals surface area contributed by atoms with Crippen molar-refractivity contribution < 1.29 is 9.59 Å². The summed E-state index contributed by atoms with van der Waals surface area (Å²) in [5.41, 5.74) is 0. The van der Waals surface area contributed by atoms with Crippen LogP contribution in [0.4, 0.5) is 0 Å². The molecule has 4 heteroatoms. The van der Waals surface area contributed by atoms with Crippen molar-refractivity contribution in [3.63, 3.8) is 0 Å². The zero-order valence-corrected chi connectivity index (χ0v) is 4.89. The second kappa shape index (κ2) is 2.59. The van der Waals surface area contributed by atoms with Gasteiger partial charge < -0.3 is 5.32 Å². The van der Waals surface area contributed by atoms with E-state index in [0.717, 1.165) is 4.90 Å². The lowest BCUT2D eigenvalue weighted by molar-refractivity contribution is -0.127. The molecule has 4 nitrogen and oxygen atoms in total. The molecule has 2 amide bonds. The fourth-order valence-corrected chi connectivity index (χ4v) is 0.703. The fourth-order valence-electron chi connectivity index (χ4n) is 0.703. The van der Waals surface area contributed by atoms with Crippen LogP contribution in [0.5, 0.6) is 0 Å². The van der Waals surface area contributed by atoms with Gasteiger partial charge in [-0.05, 0) is 0 Å². The summed E-state index contributed by atoms with van der Waals surface area (Å²) in [5, 5.41) is 2.83. The molecule has 9 heavy (non-hydrogen) atoms. The number of imide groups is 1. The third-order valence-corrected chi connectivity index (χ3v) is 1.20. The van der Waals surface area contributed by atoms with Crippen LogP contribution in [0, 0.1) is 0 Å². The molecular formula is C5H7N2O2. The van der Waals surface area contributed by atoms with Crippen LogP contribution in [0.25, 0.3) is 0 Å². The molecular weight excluding hydrogens is 120 g/mol. The maximum atomic E-state index is 10.6. The molecule has 1 rings (SSSR count). The largest absolute Gasteiger partial charge is 0.319 e. The number of amides is 2. The summed E-state index contributed by atoms with van der Waals surface area (Å²) in [6.45, 7) is 1.39. The molecule has 0 spiro atoms. The summed E-state index contributed by atoms with van der Waals surface area (Å²) in [7, 11) is 0. The van der Waals surface area contributed by atoms with E-state index in [1.54, 1.807) is 6.41 Å². The topological polar surface area (TPSA) is 49.4 Å². The molecule has 1 N–H and O–H groups in total. The quantitative estimate of drug-likeness (QED) is 0.465. The standard InChI is InChI=1S/C5H7N2O2/c8-4-7-2-1-6-3-5(7)9/h6H,1-3H2. The van der Waals surface area contributed by atoms with Crippen molar-refractivity contribution in [1.82, 2.24) is 10.2 Å². The van der Waals surface area contributed by atoms with E-state index < -0.39 is 0 Å². The lowest BCUT2D eigenvalue weighted by Crippen LogP contribution is -2.47. The second-order valence-electron chi connectivity index (χ2n) is 1.81. The fraction of sp³-hybridized carbons (Fsp3) is 0.600. The van der Waals surface area contributed by atoms with Crippen LogP contribution >= 0.6 is 0 Å². The second-order valence-corrected chi connectivity index (χ2v) is 1.81. The predicted molar refractivity (Wildman–Crippen MR) is 30.3 cm³/mol. The van der Waals surface area contributed by atoms with E-state index >= 15 is 0 Å². The minimum absolute atomic E-state index is 0.198. The lowest BCUT2D eigenvalue weighted by atomic mass is 10.4. The Morgan fingerprint density at radius 2 is 2.44 bits per heavy atom. The first-order chi connectivity index (χ1) is 4.34. The van der Waals surface area contributed by atoms with Crippen LogP contribution in [0.3, 0.4) is 0 Å². The van der Waals surface area contributed by atoms with Crippen LogP contribution < -0.4 is 5.32 Å². The molecule has 0 aromatic carbocycles. The van der Waals surface area contributed by atoms with Crippen molar-refractivity contribution in [2.45, 2.75) is 0 Å². The Morgan fingerprint density at radius 3 is 2.89 bits per heavy atom. The monoisotopic (exact) mass is 127 g/mol. The van der Waals surface area contributed by atoms with Gasteiger partial charge in [0.05, 0.1) is 6.54 Å². The number of rotatable bonds is 1. The van der Waals surface area contributed by atoms with Gasteiger partial charge in [0.1, 0.15) is 0 Å². The minimum atomic E-state index is -0.198. The van der Waals surface area contributed by atoms with Crippen LogP contribution in [0.1, 0.15) is 0 Å². The van der Waals surface area contributed by atoms with Gasteiger partial charge in [-0.2, -0.15) is 0 Å². The van der Waals surface area contributed by atoms with Crippen molar-refractivity contribution >= 4 is 12.3 Å². The van der Waals surface area contributed by atoms with Crippen LogP contribution in [0.15, 0.2) is 0 Å². The molecule has 0 bridgehead atoms. The maximum Gasteiger partial charge on any atom is 0.319 e.